The highest BCUT2D eigenvalue weighted by Gasteiger charge is 2.07. The molecule has 0 aliphatic rings. The number of fused-ring (bicyclic) bond motifs is 1. The summed E-state index contributed by atoms with van der Waals surface area (Å²) in [5.41, 5.74) is 8.72. The fraction of sp³-hybridized carbons (Fsp3) is 0.300. The number of nitrogen functional groups attached to an aromatic ring is 1. The van der Waals surface area contributed by atoms with Crippen molar-refractivity contribution in [2.24, 2.45) is 0 Å². The largest absolute Gasteiger partial charge is 0.383 e. The molecule has 0 unspecified atom stereocenters. The van der Waals surface area contributed by atoms with E-state index >= 15 is 0 Å². The number of anilines is 1. The Morgan fingerprint density at radius 3 is 3.00 bits per heavy atom. The van der Waals surface area contributed by atoms with Crippen LogP contribution in [0.3, 0.4) is 0 Å². The number of ether oxygens (including phenoxy) is 1. The number of rotatable bonds is 2. The molecule has 2 N–H and O–H groups in total. The molecule has 0 amide bonds. The van der Waals surface area contributed by atoms with E-state index in [1.165, 1.54) is 0 Å². The Labute approximate surface area is 82.3 Å². The standard InChI is InChI=1S/C10H13N3O/c1-7-3-4-9-12-8(6-14-2)10(11)13(9)5-7/h3-5H,6,11H2,1-2H3. The van der Waals surface area contributed by atoms with Crippen LogP contribution in [0, 0.1) is 6.92 Å². The van der Waals surface area contributed by atoms with Crippen LogP contribution in [0.25, 0.3) is 5.65 Å². The number of hydrogen-bond acceptors (Lipinski definition) is 3. The van der Waals surface area contributed by atoms with Gasteiger partial charge in [-0.05, 0) is 18.6 Å². The summed E-state index contributed by atoms with van der Waals surface area (Å²) < 4.78 is 6.89. The van der Waals surface area contributed by atoms with E-state index in [-0.39, 0.29) is 0 Å². The van der Waals surface area contributed by atoms with Crippen molar-refractivity contribution in [2.45, 2.75) is 13.5 Å². The second-order valence-corrected chi connectivity index (χ2v) is 3.31. The average Bonchev–Trinajstić information content (AvgIpc) is 2.46. The number of nitrogens with two attached hydrogens (primary N) is 1. The van der Waals surface area contributed by atoms with Gasteiger partial charge in [0.05, 0.1) is 6.61 Å². The van der Waals surface area contributed by atoms with E-state index in [4.69, 9.17) is 10.5 Å². The van der Waals surface area contributed by atoms with Gasteiger partial charge < -0.3 is 10.5 Å². The van der Waals surface area contributed by atoms with E-state index in [9.17, 15) is 0 Å². The number of pyridine rings is 1. The lowest BCUT2D eigenvalue weighted by atomic mass is 10.3. The minimum atomic E-state index is 0.451. The zero-order valence-corrected chi connectivity index (χ0v) is 8.32. The summed E-state index contributed by atoms with van der Waals surface area (Å²) in [5.74, 6) is 0.658. The zero-order chi connectivity index (χ0) is 10.1. The number of imidazole rings is 1. The van der Waals surface area contributed by atoms with Gasteiger partial charge in [-0.15, -0.1) is 0 Å². The van der Waals surface area contributed by atoms with Gasteiger partial charge >= 0.3 is 0 Å². The maximum atomic E-state index is 5.91. The summed E-state index contributed by atoms with van der Waals surface area (Å²) in [6, 6.07) is 3.96. The smallest absolute Gasteiger partial charge is 0.138 e. The highest BCUT2D eigenvalue weighted by molar-refractivity contribution is 5.53. The Balaban J connectivity index is 2.62. The van der Waals surface area contributed by atoms with Gasteiger partial charge in [0, 0.05) is 13.3 Å². The van der Waals surface area contributed by atoms with E-state index in [2.05, 4.69) is 4.98 Å². The molecule has 4 nitrogen and oxygen atoms in total. The van der Waals surface area contributed by atoms with E-state index in [0.29, 0.717) is 12.4 Å². The molecule has 0 atom stereocenters. The monoisotopic (exact) mass is 191 g/mol. The number of aryl methyl sites for hydroxylation is 1. The number of aromatic nitrogens is 2. The number of hydrogen-bond donors (Lipinski definition) is 1. The van der Waals surface area contributed by atoms with Gasteiger partial charge in [-0.3, -0.25) is 4.40 Å². The van der Waals surface area contributed by atoms with Crippen LogP contribution >= 0.6 is 0 Å². The summed E-state index contributed by atoms with van der Waals surface area (Å²) in [4.78, 5) is 4.36. The van der Waals surface area contributed by atoms with E-state index < -0.39 is 0 Å². The van der Waals surface area contributed by atoms with Gasteiger partial charge in [0.15, 0.2) is 0 Å². The second kappa shape index (κ2) is 3.31. The minimum absolute atomic E-state index is 0.451. The Hall–Kier alpha value is -1.55. The molecule has 0 saturated carbocycles. The molecule has 0 radical (unpaired) electrons. The van der Waals surface area contributed by atoms with Crippen molar-refractivity contribution in [2.75, 3.05) is 12.8 Å². The molecule has 74 valence electrons. The molecule has 0 saturated heterocycles. The van der Waals surface area contributed by atoms with Gasteiger partial charge in [0.2, 0.25) is 0 Å². The van der Waals surface area contributed by atoms with Crippen molar-refractivity contribution in [3.63, 3.8) is 0 Å². The van der Waals surface area contributed by atoms with Gasteiger partial charge in [-0.2, -0.15) is 0 Å². The molecule has 2 aromatic rings. The third kappa shape index (κ3) is 1.33. The van der Waals surface area contributed by atoms with Crippen LogP contribution in [0.4, 0.5) is 5.82 Å². The van der Waals surface area contributed by atoms with E-state index in [1.54, 1.807) is 7.11 Å². The highest BCUT2D eigenvalue weighted by Crippen LogP contribution is 2.16. The van der Waals surface area contributed by atoms with Crippen LogP contribution in [0.2, 0.25) is 0 Å². The average molecular weight is 191 g/mol. The SMILES string of the molecule is COCc1nc2ccc(C)cn2c1N. The Bertz CT molecular complexity index is 462. The topological polar surface area (TPSA) is 52.5 Å². The van der Waals surface area contributed by atoms with Crippen molar-refractivity contribution < 1.29 is 4.74 Å². The van der Waals surface area contributed by atoms with Crippen molar-refractivity contribution in [3.05, 3.63) is 29.6 Å². The predicted octanol–water partition coefficient (Wildman–Crippen LogP) is 1.37. The molecule has 0 aromatic carbocycles. The Kier molecular flexibility index (Phi) is 2.13. The first kappa shape index (κ1) is 9.02. The Morgan fingerprint density at radius 1 is 1.50 bits per heavy atom. The first-order chi connectivity index (χ1) is 6.72. The van der Waals surface area contributed by atoms with Crippen LogP contribution < -0.4 is 5.73 Å². The van der Waals surface area contributed by atoms with Crippen LogP contribution in [-0.2, 0) is 11.3 Å². The zero-order valence-electron chi connectivity index (χ0n) is 8.32. The summed E-state index contributed by atoms with van der Waals surface area (Å²) in [5, 5.41) is 0. The lowest BCUT2D eigenvalue weighted by Gasteiger charge is -1.98. The molecule has 4 heteroatoms. The maximum Gasteiger partial charge on any atom is 0.138 e. The summed E-state index contributed by atoms with van der Waals surface area (Å²) in [7, 11) is 1.63. The Morgan fingerprint density at radius 2 is 2.29 bits per heavy atom. The molecule has 0 fully saturated rings. The van der Waals surface area contributed by atoms with Crippen LogP contribution in [0.5, 0.6) is 0 Å². The summed E-state index contributed by atoms with van der Waals surface area (Å²) >= 11 is 0. The molecule has 2 aromatic heterocycles. The van der Waals surface area contributed by atoms with Crippen LogP contribution in [0.15, 0.2) is 18.3 Å². The van der Waals surface area contributed by atoms with Gasteiger partial charge in [-0.25, -0.2) is 4.98 Å². The molecule has 0 aliphatic carbocycles. The first-order valence-electron chi connectivity index (χ1n) is 4.44. The molecule has 14 heavy (non-hydrogen) atoms. The molecular formula is C10H13N3O. The fourth-order valence-electron chi connectivity index (χ4n) is 1.46. The quantitative estimate of drug-likeness (QED) is 0.780. The minimum Gasteiger partial charge on any atom is -0.383 e. The normalized spacial score (nSPS) is 11.0. The van der Waals surface area contributed by atoms with Crippen molar-refractivity contribution in [1.82, 2.24) is 9.38 Å². The van der Waals surface area contributed by atoms with Gasteiger partial charge in [0.1, 0.15) is 17.2 Å². The third-order valence-electron chi connectivity index (χ3n) is 2.16. The van der Waals surface area contributed by atoms with Gasteiger partial charge in [-0.1, -0.05) is 6.07 Å². The highest BCUT2D eigenvalue weighted by atomic mass is 16.5. The fourth-order valence-corrected chi connectivity index (χ4v) is 1.46. The maximum absolute atomic E-state index is 5.91. The van der Waals surface area contributed by atoms with Crippen LogP contribution in [-0.4, -0.2) is 16.5 Å². The summed E-state index contributed by atoms with van der Waals surface area (Å²) in [6.07, 6.45) is 1.97. The lowest BCUT2D eigenvalue weighted by molar-refractivity contribution is 0.182. The van der Waals surface area contributed by atoms with Crippen LogP contribution in [0.1, 0.15) is 11.3 Å². The van der Waals surface area contributed by atoms with Crippen molar-refractivity contribution in [1.29, 1.82) is 0 Å². The molecule has 0 bridgehead atoms. The summed E-state index contributed by atoms with van der Waals surface area (Å²) in [6.45, 7) is 2.47. The number of methoxy groups -OCH3 is 1. The van der Waals surface area contributed by atoms with Crippen molar-refractivity contribution in [3.8, 4) is 0 Å². The van der Waals surface area contributed by atoms with E-state index in [1.807, 2.05) is 29.7 Å². The molecule has 2 rings (SSSR count). The van der Waals surface area contributed by atoms with E-state index in [0.717, 1.165) is 16.9 Å². The molecule has 0 aliphatic heterocycles. The molecular weight excluding hydrogens is 178 g/mol. The molecule has 2 heterocycles. The third-order valence-corrected chi connectivity index (χ3v) is 2.16. The van der Waals surface area contributed by atoms with Gasteiger partial charge in [0.25, 0.3) is 0 Å². The second-order valence-electron chi connectivity index (χ2n) is 3.31. The lowest BCUT2D eigenvalue weighted by Crippen LogP contribution is -1.97. The molecule has 0 spiro atoms. The number of nitrogens with zero attached hydrogens (tertiary/aromatic N) is 2. The predicted molar refractivity (Wildman–Crippen MR) is 55.1 cm³/mol. The first-order valence-corrected chi connectivity index (χ1v) is 4.44. The van der Waals surface area contributed by atoms with Crippen molar-refractivity contribution >= 4 is 11.5 Å².